The molecule has 112 valence electrons. The van der Waals surface area contributed by atoms with Gasteiger partial charge < -0.3 is 4.90 Å². The summed E-state index contributed by atoms with van der Waals surface area (Å²) in [5, 5.41) is 4.13. The van der Waals surface area contributed by atoms with Crippen molar-refractivity contribution in [1.82, 2.24) is 4.90 Å². The van der Waals surface area contributed by atoms with Crippen molar-refractivity contribution in [2.45, 2.75) is 57.2 Å². The molecule has 0 saturated carbocycles. The summed E-state index contributed by atoms with van der Waals surface area (Å²) in [4.78, 5) is 14.7. The van der Waals surface area contributed by atoms with Gasteiger partial charge in [0, 0.05) is 23.1 Å². The van der Waals surface area contributed by atoms with Crippen LogP contribution in [-0.4, -0.2) is 33.9 Å². The van der Waals surface area contributed by atoms with E-state index in [0.29, 0.717) is 18.4 Å². The fourth-order valence-electron chi connectivity index (χ4n) is 2.52. The Bertz CT molecular complexity index is 422. The third-order valence-corrected chi connectivity index (χ3v) is 5.74. The molecule has 0 N–H and O–H groups in total. The van der Waals surface area contributed by atoms with Crippen molar-refractivity contribution in [2.24, 2.45) is 0 Å². The smallest absolute Gasteiger partial charge is 0.227 e. The Morgan fingerprint density at radius 2 is 2.25 bits per heavy atom. The third kappa shape index (κ3) is 4.81. The molecule has 1 unspecified atom stereocenters. The van der Waals surface area contributed by atoms with Crippen LogP contribution in [0.15, 0.2) is 16.8 Å². The molecule has 0 radical (unpaired) electrons. The van der Waals surface area contributed by atoms with Crippen LogP contribution in [0.3, 0.4) is 0 Å². The van der Waals surface area contributed by atoms with Crippen molar-refractivity contribution in [1.29, 1.82) is 0 Å². The number of thioether (sulfide) groups is 1. The van der Waals surface area contributed by atoms with Crippen molar-refractivity contribution in [3.05, 3.63) is 22.4 Å². The monoisotopic (exact) mass is 311 g/mol. The number of hydrogen-bond acceptors (Lipinski definition) is 3. The summed E-state index contributed by atoms with van der Waals surface area (Å²) >= 11 is 3.65. The van der Waals surface area contributed by atoms with Crippen LogP contribution < -0.4 is 0 Å². The molecular formula is C16H25NOS2. The van der Waals surface area contributed by atoms with Crippen LogP contribution in [0, 0.1) is 0 Å². The van der Waals surface area contributed by atoms with E-state index in [1.165, 1.54) is 12.8 Å². The first-order valence-electron chi connectivity index (χ1n) is 7.40. The number of hydrogen-bond donors (Lipinski definition) is 0. The zero-order valence-electron chi connectivity index (χ0n) is 12.7. The molecule has 2 nitrogen and oxygen atoms in total. The van der Waals surface area contributed by atoms with Gasteiger partial charge in [0.25, 0.3) is 0 Å². The zero-order valence-corrected chi connectivity index (χ0v) is 14.4. The molecule has 2 heterocycles. The predicted octanol–water partition coefficient (Wildman–Crippen LogP) is 4.20. The second-order valence-electron chi connectivity index (χ2n) is 6.47. The highest BCUT2D eigenvalue weighted by molar-refractivity contribution is 8.00. The minimum Gasteiger partial charge on any atom is -0.339 e. The first kappa shape index (κ1) is 15.9. The lowest BCUT2D eigenvalue weighted by molar-refractivity contribution is -0.133. The Labute approximate surface area is 130 Å². The summed E-state index contributed by atoms with van der Waals surface area (Å²) in [5.74, 6) is 1.38. The zero-order chi connectivity index (χ0) is 14.6. The van der Waals surface area contributed by atoms with E-state index in [4.69, 9.17) is 0 Å². The van der Waals surface area contributed by atoms with Crippen LogP contribution in [0.5, 0.6) is 0 Å². The van der Waals surface area contributed by atoms with Gasteiger partial charge in [0.2, 0.25) is 5.91 Å². The Balaban J connectivity index is 1.93. The number of thiophene rings is 1. The molecule has 1 aromatic rings. The van der Waals surface area contributed by atoms with E-state index in [9.17, 15) is 4.79 Å². The number of rotatable bonds is 4. The van der Waals surface area contributed by atoms with E-state index in [1.807, 2.05) is 17.1 Å². The quantitative estimate of drug-likeness (QED) is 0.830. The van der Waals surface area contributed by atoms with Gasteiger partial charge in [0.15, 0.2) is 0 Å². The Hall–Kier alpha value is -0.480. The molecule has 1 aliphatic rings. The number of piperidine rings is 1. The fraction of sp³-hybridized carbons (Fsp3) is 0.688. The number of carbonyl (C=O) groups is 1. The minimum absolute atomic E-state index is 0.277. The molecule has 1 atom stereocenters. The Morgan fingerprint density at radius 3 is 2.90 bits per heavy atom. The Kier molecular flexibility index (Phi) is 5.56. The van der Waals surface area contributed by atoms with E-state index in [-0.39, 0.29) is 4.75 Å². The van der Waals surface area contributed by atoms with Gasteiger partial charge in [-0.2, -0.15) is 23.1 Å². The van der Waals surface area contributed by atoms with Crippen LogP contribution in [0.1, 0.15) is 45.6 Å². The molecule has 0 aromatic carbocycles. The molecule has 0 spiro atoms. The van der Waals surface area contributed by atoms with Crippen molar-refractivity contribution in [3.8, 4) is 0 Å². The third-order valence-electron chi connectivity index (χ3n) is 3.59. The molecule has 1 amide bonds. The maximum Gasteiger partial charge on any atom is 0.227 e. The fourth-order valence-corrected chi connectivity index (χ4v) is 4.23. The highest BCUT2D eigenvalue weighted by Crippen LogP contribution is 2.28. The highest BCUT2D eigenvalue weighted by atomic mass is 32.2. The summed E-state index contributed by atoms with van der Waals surface area (Å²) in [6, 6.07) is 2.49. The predicted molar refractivity (Wildman–Crippen MR) is 89.6 cm³/mol. The molecule has 2 rings (SSSR count). The van der Waals surface area contributed by atoms with Gasteiger partial charge in [-0.15, -0.1) is 0 Å². The van der Waals surface area contributed by atoms with E-state index in [1.54, 1.807) is 11.3 Å². The number of likely N-dealkylation sites (tertiary alicyclic amines) is 1. The lowest BCUT2D eigenvalue weighted by atomic mass is 10.0. The SMILES string of the molecule is CC(C)(C)SCC1CCCCN1C(=O)Cc1ccsc1. The average Bonchev–Trinajstić information content (AvgIpc) is 2.88. The van der Waals surface area contributed by atoms with Gasteiger partial charge in [-0.3, -0.25) is 4.79 Å². The van der Waals surface area contributed by atoms with Crippen molar-refractivity contribution >= 4 is 29.0 Å². The maximum atomic E-state index is 12.5. The first-order valence-corrected chi connectivity index (χ1v) is 9.33. The highest BCUT2D eigenvalue weighted by Gasteiger charge is 2.27. The van der Waals surface area contributed by atoms with Crippen LogP contribution in [0.4, 0.5) is 0 Å². The molecule has 0 aliphatic carbocycles. The van der Waals surface area contributed by atoms with E-state index < -0.39 is 0 Å². The van der Waals surface area contributed by atoms with Gasteiger partial charge in [-0.05, 0) is 41.7 Å². The number of carbonyl (C=O) groups excluding carboxylic acids is 1. The summed E-state index contributed by atoms with van der Waals surface area (Å²) in [6.45, 7) is 7.69. The molecule has 1 fully saturated rings. The molecule has 20 heavy (non-hydrogen) atoms. The van der Waals surface area contributed by atoms with Gasteiger partial charge >= 0.3 is 0 Å². The average molecular weight is 312 g/mol. The second-order valence-corrected chi connectivity index (χ2v) is 9.10. The maximum absolute atomic E-state index is 12.5. The molecule has 1 aromatic heterocycles. The molecule has 1 aliphatic heterocycles. The number of amides is 1. The summed E-state index contributed by atoms with van der Waals surface area (Å²) in [5.41, 5.74) is 1.16. The number of nitrogens with zero attached hydrogens (tertiary/aromatic N) is 1. The van der Waals surface area contributed by atoms with Crippen molar-refractivity contribution < 1.29 is 4.79 Å². The van der Waals surface area contributed by atoms with Gasteiger partial charge in [0.1, 0.15) is 0 Å². The lowest BCUT2D eigenvalue weighted by Crippen LogP contribution is -2.46. The van der Waals surface area contributed by atoms with Crippen LogP contribution in [-0.2, 0) is 11.2 Å². The normalized spacial score (nSPS) is 20.1. The first-order chi connectivity index (χ1) is 9.46. The van der Waals surface area contributed by atoms with E-state index in [0.717, 1.165) is 24.3 Å². The molecule has 4 heteroatoms. The van der Waals surface area contributed by atoms with Crippen molar-refractivity contribution in [3.63, 3.8) is 0 Å². The van der Waals surface area contributed by atoms with Gasteiger partial charge in [0.05, 0.1) is 6.42 Å². The summed E-state index contributed by atoms with van der Waals surface area (Å²) in [7, 11) is 0. The van der Waals surface area contributed by atoms with Gasteiger partial charge in [-0.1, -0.05) is 20.8 Å². The van der Waals surface area contributed by atoms with Crippen LogP contribution in [0.2, 0.25) is 0 Å². The Morgan fingerprint density at radius 1 is 1.45 bits per heavy atom. The van der Waals surface area contributed by atoms with Gasteiger partial charge in [-0.25, -0.2) is 0 Å². The topological polar surface area (TPSA) is 20.3 Å². The van der Waals surface area contributed by atoms with E-state index >= 15 is 0 Å². The second kappa shape index (κ2) is 6.99. The van der Waals surface area contributed by atoms with Crippen molar-refractivity contribution in [2.75, 3.05) is 12.3 Å². The lowest BCUT2D eigenvalue weighted by Gasteiger charge is -2.37. The summed E-state index contributed by atoms with van der Waals surface area (Å²) in [6.07, 6.45) is 4.16. The van der Waals surface area contributed by atoms with Crippen LogP contribution >= 0.6 is 23.1 Å². The molecule has 0 bridgehead atoms. The largest absolute Gasteiger partial charge is 0.339 e. The van der Waals surface area contributed by atoms with E-state index in [2.05, 4.69) is 37.1 Å². The van der Waals surface area contributed by atoms with Crippen LogP contribution in [0.25, 0.3) is 0 Å². The summed E-state index contributed by atoms with van der Waals surface area (Å²) < 4.78 is 0.277. The minimum atomic E-state index is 0.277. The standard InChI is InChI=1S/C16H25NOS2/c1-16(2,3)20-12-14-6-4-5-8-17(14)15(18)10-13-7-9-19-11-13/h7,9,11,14H,4-6,8,10,12H2,1-3H3. The molecular weight excluding hydrogens is 286 g/mol. The molecule has 1 saturated heterocycles.